The summed E-state index contributed by atoms with van der Waals surface area (Å²) in [5.74, 6) is 1.48. The highest BCUT2D eigenvalue weighted by Crippen LogP contribution is 2.31. The van der Waals surface area contributed by atoms with Crippen molar-refractivity contribution in [3.8, 4) is 5.75 Å². The maximum Gasteiger partial charge on any atom is 0.122 e. The Morgan fingerprint density at radius 1 is 0.952 bits per heavy atom. The zero-order chi connectivity index (χ0) is 15.1. The van der Waals surface area contributed by atoms with Gasteiger partial charge in [-0.15, -0.1) is 0 Å². The Bertz CT molecular complexity index is 536. The SMILES string of the molecule is COc1ccccc1C(CCN(C)C)Cc1ccccc1. The number of hydrogen-bond donors (Lipinski definition) is 0. The van der Waals surface area contributed by atoms with Crippen LogP contribution in [0.1, 0.15) is 23.5 Å². The smallest absolute Gasteiger partial charge is 0.122 e. The van der Waals surface area contributed by atoms with Crippen LogP contribution >= 0.6 is 0 Å². The molecular weight excluding hydrogens is 258 g/mol. The summed E-state index contributed by atoms with van der Waals surface area (Å²) in [7, 11) is 6.01. The molecule has 0 radical (unpaired) electrons. The zero-order valence-electron chi connectivity index (χ0n) is 13.3. The first-order chi connectivity index (χ1) is 10.2. The van der Waals surface area contributed by atoms with Gasteiger partial charge in [0, 0.05) is 0 Å². The molecule has 2 rings (SSSR count). The average molecular weight is 283 g/mol. The summed E-state index contributed by atoms with van der Waals surface area (Å²) in [6.07, 6.45) is 2.18. The van der Waals surface area contributed by atoms with Crippen LogP contribution in [0.25, 0.3) is 0 Å². The largest absolute Gasteiger partial charge is 0.496 e. The summed E-state index contributed by atoms with van der Waals surface area (Å²) in [5.41, 5.74) is 2.69. The minimum absolute atomic E-state index is 0.478. The predicted octanol–water partition coefficient (Wildman–Crippen LogP) is 3.97. The number of rotatable bonds is 7. The minimum atomic E-state index is 0.478. The van der Waals surface area contributed by atoms with Crippen molar-refractivity contribution in [3.63, 3.8) is 0 Å². The Morgan fingerprint density at radius 2 is 1.62 bits per heavy atom. The molecule has 2 aromatic rings. The highest BCUT2D eigenvalue weighted by atomic mass is 16.5. The lowest BCUT2D eigenvalue weighted by molar-refractivity contribution is 0.369. The van der Waals surface area contributed by atoms with Crippen LogP contribution in [-0.2, 0) is 6.42 Å². The van der Waals surface area contributed by atoms with E-state index < -0.39 is 0 Å². The first-order valence-electron chi connectivity index (χ1n) is 7.52. The van der Waals surface area contributed by atoms with Crippen LogP contribution in [0.15, 0.2) is 54.6 Å². The van der Waals surface area contributed by atoms with Gasteiger partial charge in [0.15, 0.2) is 0 Å². The van der Waals surface area contributed by atoms with Gasteiger partial charge in [-0.2, -0.15) is 0 Å². The lowest BCUT2D eigenvalue weighted by atomic mass is 9.88. The third kappa shape index (κ3) is 4.61. The molecule has 0 aliphatic rings. The van der Waals surface area contributed by atoms with Crippen LogP contribution in [0.5, 0.6) is 5.75 Å². The molecule has 0 saturated heterocycles. The number of hydrogen-bond acceptors (Lipinski definition) is 2. The molecule has 2 nitrogen and oxygen atoms in total. The van der Waals surface area contributed by atoms with Crippen molar-refractivity contribution >= 4 is 0 Å². The number of benzene rings is 2. The van der Waals surface area contributed by atoms with Gasteiger partial charge in [-0.05, 0) is 56.6 Å². The molecule has 0 aliphatic carbocycles. The number of methoxy groups -OCH3 is 1. The van der Waals surface area contributed by atoms with E-state index in [2.05, 4.69) is 67.5 Å². The molecule has 0 fully saturated rings. The van der Waals surface area contributed by atoms with Crippen LogP contribution < -0.4 is 4.74 Å². The van der Waals surface area contributed by atoms with Crippen LogP contribution in [0.4, 0.5) is 0 Å². The van der Waals surface area contributed by atoms with E-state index in [-0.39, 0.29) is 0 Å². The Kier molecular flexibility index (Phi) is 5.82. The van der Waals surface area contributed by atoms with Crippen molar-refractivity contribution in [3.05, 3.63) is 65.7 Å². The second-order valence-electron chi connectivity index (χ2n) is 5.72. The van der Waals surface area contributed by atoms with Crippen molar-refractivity contribution in [2.24, 2.45) is 0 Å². The molecule has 0 spiro atoms. The maximum atomic E-state index is 5.56. The van der Waals surface area contributed by atoms with Crippen LogP contribution in [0.3, 0.4) is 0 Å². The van der Waals surface area contributed by atoms with Crippen molar-refractivity contribution in [2.75, 3.05) is 27.7 Å². The van der Waals surface area contributed by atoms with Crippen molar-refractivity contribution in [2.45, 2.75) is 18.8 Å². The lowest BCUT2D eigenvalue weighted by Gasteiger charge is -2.22. The first kappa shape index (κ1) is 15.6. The summed E-state index contributed by atoms with van der Waals surface area (Å²) in [5, 5.41) is 0. The van der Waals surface area contributed by atoms with E-state index >= 15 is 0 Å². The van der Waals surface area contributed by atoms with Gasteiger partial charge in [-0.25, -0.2) is 0 Å². The predicted molar refractivity (Wildman–Crippen MR) is 89.1 cm³/mol. The fraction of sp³-hybridized carbons (Fsp3) is 0.368. The monoisotopic (exact) mass is 283 g/mol. The van der Waals surface area contributed by atoms with E-state index in [1.165, 1.54) is 11.1 Å². The minimum Gasteiger partial charge on any atom is -0.496 e. The van der Waals surface area contributed by atoms with E-state index in [0.717, 1.165) is 25.1 Å². The van der Waals surface area contributed by atoms with Gasteiger partial charge in [-0.1, -0.05) is 48.5 Å². The Morgan fingerprint density at radius 3 is 2.29 bits per heavy atom. The second-order valence-corrected chi connectivity index (χ2v) is 5.72. The second kappa shape index (κ2) is 7.84. The highest BCUT2D eigenvalue weighted by Gasteiger charge is 2.16. The molecule has 0 N–H and O–H groups in total. The standard InChI is InChI=1S/C19H25NO/c1-20(2)14-13-17(15-16-9-5-4-6-10-16)18-11-7-8-12-19(18)21-3/h4-12,17H,13-15H2,1-3H3. The topological polar surface area (TPSA) is 12.5 Å². The molecule has 0 aromatic heterocycles. The van der Waals surface area contributed by atoms with Gasteiger partial charge in [0.1, 0.15) is 5.75 Å². The van der Waals surface area contributed by atoms with Crippen molar-refractivity contribution in [1.82, 2.24) is 4.90 Å². The van der Waals surface area contributed by atoms with Gasteiger partial charge >= 0.3 is 0 Å². The van der Waals surface area contributed by atoms with E-state index in [1.807, 2.05) is 6.07 Å². The fourth-order valence-electron chi connectivity index (χ4n) is 2.68. The summed E-state index contributed by atoms with van der Waals surface area (Å²) < 4.78 is 5.56. The molecule has 21 heavy (non-hydrogen) atoms. The average Bonchev–Trinajstić information content (AvgIpc) is 2.52. The maximum absolute atomic E-state index is 5.56. The third-order valence-corrected chi connectivity index (χ3v) is 3.83. The van der Waals surface area contributed by atoms with Gasteiger partial charge in [0.25, 0.3) is 0 Å². The number of para-hydroxylation sites is 1. The molecule has 112 valence electrons. The van der Waals surface area contributed by atoms with Crippen molar-refractivity contribution < 1.29 is 4.74 Å². The Labute approximate surface area is 128 Å². The molecule has 1 atom stereocenters. The summed E-state index contributed by atoms with van der Waals surface area (Å²) >= 11 is 0. The quantitative estimate of drug-likeness (QED) is 0.762. The Hall–Kier alpha value is -1.80. The molecule has 0 heterocycles. The van der Waals surface area contributed by atoms with E-state index in [0.29, 0.717) is 5.92 Å². The molecule has 2 heteroatoms. The van der Waals surface area contributed by atoms with Crippen LogP contribution in [0.2, 0.25) is 0 Å². The molecule has 0 aliphatic heterocycles. The molecule has 0 saturated carbocycles. The highest BCUT2D eigenvalue weighted by molar-refractivity contribution is 5.37. The molecule has 1 unspecified atom stereocenters. The molecule has 0 amide bonds. The van der Waals surface area contributed by atoms with Gasteiger partial charge < -0.3 is 9.64 Å². The number of ether oxygens (including phenoxy) is 1. The van der Waals surface area contributed by atoms with Crippen LogP contribution in [-0.4, -0.2) is 32.6 Å². The zero-order valence-corrected chi connectivity index (χ0v) is 13.3. The molecule has 2 aromatic carbocycles. The number of nitrogens with zero attached hydrogens (tertiary/aromatic N) is 1. The van der Waals surface area contributed by atoms with Crippen molar-refractivity contribution in [1.29, 1.82) is 0 Å². The van der Waals surface area contributed by atoms with Gasteiger partial charge in [0.05, 0.1) is 7.11 Å². The fourth-order valence-corrected chi connectivity index (χ4v) is 2.68. The first-order valence-corrected chi connectivity index (χ1v) is 7.52. The summed E-state index contributed by atoms with van der Waals surface area (Å²) in [6.45, 7) is 1.08. The van der Waals surface area contributed by atoms with E-state index in [9.17, 15) is 0 Å². The molecule has 0 bridgehead atoms. The van der Waals surface area contributed by atoms with Gasteiger partial charge in [-0.3, -0.25) is 0 Å². The van der Waals surface area contributed by atoms with E-state index in [1.54, 1.807) is 7.11 Å². The normalized spacial score (nSPS) is 12.4. The summed E-state index contributed by atoms with van der Waals surface area (Å²) in [6, 6.07) is 19.1. The lowest BCUT2D eigenvalue weighted by Crippen LogP contribution is -2.17. The van der Waals surface area contributed by atoms with E-state index in [4.69, 9.17) is 4.74 Å². The van der Waals surface area contributed by atoms with Gasteiger partial charge in [0.2, 0.25) is 0 Å². The third-order valence-electron chi connectivity index (χ3n) is 3.83. The van der Waals surface area contributed by atoms with Crippen LogP contribution in [0, 0.1) is 0 Å². The Balaban J connectivity index is 2.22. The summed E-state index contributed by atoms with van der Waals surface area (Å²) in [4.78, 5) is 2.24. The molecular formula is C19H25NO.